The minimum atomic E-state index is -0.447. The van der Waals surface area contributed by atoms with Gasteiger partial charge in [-0.15, -0.1) is 0 Å². The molecule has 0 saturated heterocycles. The molecule has 2 nitrogen and oxygen atoms in total. The summed E-state index contributed by atoms with van der Waals surface area (Å²) in [4.78, 5) is 11.4. The molecule has 1 atom stereocenters. The molecule has 90 valence electrons. The monoisotopic (exact) mass is 222 g/mol. The van der Waals surface area contributed by atoms with E-state index >= 15 is 0 Å². The van der Waals surface area contributed by atoms with E-state index in [1.807, 2.05) is 20.8 Å². The lowest BCUT2D eigenvalue weighted by Crippen LogP contribution is -2.23. The Morgan fingerprint density at radius 3 is 2.44 bits per heavy atom. The average Bonchev–Trinajstić information content (AvgIpc) is 2.38. The maximum atomic E-state index is 11.4. The summed E-state index contributed by atoms with van der Waals surface area (Å²) in [6, 6.07) is 0. The molecule has 1 rings (SSSR count). The fraction of sp³-hybridized carbons (Fsp3) is 0.786. The molecule has 0 heterocycles. The Kier molecular flexibility index (Phi) is 3.68. The van der Waals surface area contributed by atoms with Crippen LogP contribution in [0.4, 0.5) is 0 Å². The van der Waals surface area contributed by atoms with Gasteiger partial charge in [-0.3, -0.25) is 0 Å². The van der Waals surface area contributed by atoms with Crippen molar-refractivity contribution in [2.24, 2.45) is 11.3 Å². The van der Waals surface area contributed by atoms with E-state index in [1.54, 1.807) is 0 Å². The van der Waals surface area contributed by atoms with Gasteiger partial charge in [0.05, 0.1) is 0 Å². The van der Waals surface area contributed by atoms with E-state index in [0.717, 1.165) is 6.42 Å². The summed E-state index contributed by atoms with van der Waals surface area (Å²) in [5, 5.41) is 0. The van der Waals surface area contributed by atoms with Crippen molar-refractivity contribution >= 4 is 5.97 Å². The van der Waals surface area contributed by atoms with Gasteiger partial charge in [0.2, 0.25) is 0 Å². The zero-order valence-corrected chi connectivity index (χ0v) is 11.0. The first-order valence-corrected chi connectivity index (χ1v) is 5.95. The molecule has 0 amide bonds. The summed E-state index contributed by atoms with van der Waals surface area (Å²) in [6.07, 6.45) is 3.50. The van der Waals surface area contributed by atoms with Gasteiger partial charge < -0.3 is 4.74 Å². The van der Waals surface area contributed by atoms with Crippen LogP contribution in [0.25, 0.3) is 0 Å². The zero-order valence-electron chi connectivity index (χ0n) is 11.0. The number of carbonyl (C=O) groups is 1. The Bertz CT molecular complexity index is 323. The van der Waals surface area contributed by atoms with E-state index in [2.05, 4.69) is 25.7 Å². The molecule has 0 spiro atoms. The molecule has 16 heavy (non-hydrogen) atoms. The van der Waals surface area contributed by atoms with E-state index in [1.165, 1.54) is 12.8 Å². The van der Waals surface area contributed by atoms with E-state index in [-0.39, 0.29) is 5.41 Å². The van der Waals surface area contributed by atoms with Gasteiger partial charge in [0.25, 0.3) is 0 Å². The highest BCUT2D eigenvalue weighted by Gasteiger charge is 2.33. The highest BCUT2D eigenvalue weighted by Crippen LogP contribution is 2.41. The first kappa shape index (κ1) is 13.1. The summed E-state index contributed by atoms with van der Waals surface area (Å²) in [7, 11) is 0. The first-order valence-electron chi connectivity index (χ1n) is 5.95. The molecule has 1 unspecified atom stereocenters. The third-order valence-corrected chi connectivity index (χ3v) is 3.00. The summed E-state index contributed by atoms with van der Waals surface area (Å²) < 4.78 is 5.15. The van der Waals surface area contributed by atoms with Crippen molar-refractivity contribution in [2.75, 3.05) is 0 Å². The first-order chi connectivity index (χ1) is 7.21. The van der Waals surface area contributed by atoms with Crippen LogP contribution in [0.5, 0.6) is 0 Å². The normalized spacial score (nSPS) is 23.4. The molecule has 0 radical (unpaired) electrons. The lowest BCUT2D eigenvalue weighted by atomic mass is 9.82. The number of esters is 1. The van der Waals surface area contributed by atoms with Crippen LogP contribution < -0.4 is 0 Å². The Morgan fingerprint density at radius 2 is 2.00 bits per heavy atom. The molecular weight excluding hydrogens is 200 g/mol. The fourth-order valence-corrected chi connectivity index (χ4v) is 2.04. The van der Waals surface area contributed by atoms with E-state index in [0.29, 0.717) is 5.92 Å². The zero-order chi connectivity index (χ0) is 12.4. The van der Waals surface area contributed by atoms with Crippen molar-refractivity contribution in [1.29, 1.82) is 0 Å². The van der Waals surface area contributed by atoms with Gasteiger partial charge in [-0.05, 0) is 39.0 Å². The van der Waals surface area contributed by atoms with Crippen LogP contribution in [-0.2, 0) is 9.53 Å². The van der Waals surface area contributed by atoms with Gasteiger partial charge in [0, 0.05) is 11.8 Å². The van der Waals surface area contributed by atoms with E-state index in [9.17, 15) is 4.79 Å². The van der Waals surface area contributed by atoms with Gasteiger partial charge in [-0.2, -0.15) is 0 Å². The maximum absolute atomic E-state index is 11.4. The highest BCUT2D eigenvalue weighted by molar-refractivity contribution is 5.88. The van der Waals surface area contributed by atoms with Crippen molar-refractivity contribution in [3.63, 3.8) is 0 Å². The molecular formula is C14H22O2. The molecule has 0 aliphatic heterocycles. The quantitative estimate of drug-likeness (QED) is 0.357. The van der Waals surface area contributed by atoms with Crippen LogP contribution in [0.3, 0.4) is 0 Å². The molecule has 1 fully saturated rings. The standard InChI is InChI=1S/C14H22O2/c1-13(2,3)16-12(15)9-8-11-7-6-10-14(11,4)5/h11H,6-7,10H2,1-5H3. The number of ether oxygens (including phenoxy) is 1. The Hall–Kier alpha value is -0.970. The van der Waals surface area contributed by atoms with Crippen LogP contribution in [-0.4, -0.2) is 11.6 Å². The summed E-state index contributed by atoms with van der Waals surface area (Å²) in [5.74, 6) is 5.62. The third-order valence-electron chi connectivity index (χ3n) is 3.00. The predicted octanol–water partition coefficient (Wildman–Crippen LogP) is 3.16. The van der Waals surface area contributed by atoms with Crippen molar-refractivity contribution in [2.45, 2.75) is 59.5 Å². The molecule has 2 heteroatoms. The third kappa shape index (κ3) is 3.89. The predicted molar refractivity (Wildman–Crippen MR) is 64.7 cm³/mol. The molecule has 1 aliphatic carbocycles. The van der Waals surface area contributed by atoms with Crippen LogP contribution in [0.1, 0.15) is 53.9 Å². The van der Waals surface area contributed by atoms with Crippen molar-refractivity contribution in [3.05, 3.63) is 0 Å². The molecule has 0 N–H and O–H groups in total. The van der Waals surface area contributed by atoms with Gasteiger partial charge in [0.15, 0.2) is 0 Å². The second kappa shape index (κ2) is 4.49. The van der Waals surface area contributed by atoms with E-state index < -0.39 is 11.6 Å². The maximum Gasteiger partial charge on any atom is 0.384 e. The van der Waals surface area contributed by atoms with Gasteiger partial charge in [0.1, 0.15) is 5.60 Å². The Morgan fingerprint density at radius 1 is 1.38 bits per heavy atom. The van der Waals surface area contributed by atoms with Gasteiger partial charge in [-0.25, -0.2) is 4.79 Å². The van der Waals surface area contributed by atoms with Crippen molar-refractivity contribution in [1.82, 2.24) is 0 Å². The lowest BCUT2D eigenvalue weighted by Gasteiger charge is -2.22. The number of hydrogen-bond acceptors (Lipinski definition) is 2. The smallest absolute Gasteiger partial charge is 0.384 e. The van der Waals surface area contributed by atoms with Crippen molar-refractivity contribution < 1.29 is 9.53 Å². The second-order valence-electron chi connectivity index (χ2n) is 6.20. The van der Waals surface area contributed by atoms with Crippen LogP contribution >= 0.6 is 0 Å². The number of rotatable bonds is 0. The summed E-state index contributed by atoms with van der Waals surface area (Å²) in [6.45, 7) is 9.99. The average molecular weight is 222 g/mol. The van der Waals surface area contributed by atoms with Gasteiger partial charge >= 0.3 is 5.97 Å². The van der Waals surface area contributed by atoms with Crippen LogP contribution in [0, 0.1) is 23.2 Å². The molecule has 1 aliphatic rings. The second-order valence-corrected chi connectivity index (χ2v) is 6.20. The molecule has 0 aromatic rings. The topological polar surface area (TPSA) is 26.3 Å². The SMILES string of the molecule is CC(C)(C)OC(=O)C#CC1CCCC1(C)C. The van der Waals surface area contributed by atoms with Gasteiger partial charge in [-0.1, -0.05) is 26.2 Å². The minimum absolute atomic E-state index is 0.245. The fourth-order valence-electron chi connectivity index (χ4n) is 2.04. The van der Waals surface area contributed by atoms with E-state index in [4.69, 9.17) is 4.74 Å². The molecule has 1 saturated carbocycles. The summed E-state index contributed by atoms with van der Waals surface area (Å²) in [5.41, 5.74) is -0.202. The Labute approximate surface area is 98.8 Å². The lowest BCUT2D eigenvalue weighted by molar-refractivity contribution is -0.147. The largest absolute Gasteiger partial charge is 0.450 e. The molecule has 0 bridgehead atoms. The van der Waals surface area contributed by atoms with Crippen molar-refractivity contribution in [3.8, 4) is 11.8 Å². The number of hydrogen-bond donors (Lipinski definition) is 0. The number of carbonyl (C=O) groups excluding carboxylic acids is 1. The Balaban J connectivity index is 2.58. The minimum Gasteiger partial charge on any atom is -0.450 e. The summed E-state index contributed by atoms with van der Waals surface area (Å²) >= 11 is 0. The highest BCUT2D eigenvalue weighted by atomic mass is 16.6. The van der Waals surface area contributed by atoms with Crippen LogP contribution in [0.15, 0.2) is 0 Å². The molecule has 0 aromatic carbocycles. The molecule has 0 aromatic heterocycles. The van der Waals surface area contributed by atoms with Crippen LogP contribution in [0.2, 0.25) is 0 Å².